The van der Waals surface area contributed by atoms with Gasteiger partial charge in [-0.1, -0.05) is 50.3 Å². The number of aryl methyl sites for hydroxylation is 1. The highest BCUT2D eigenvalue weighted by molar-refractivity contribution is 5.74. The zero-order valence-corrected chi connectivity index (χ0v) is 14.8. The lowest BCUT2D eigenvalue weighted by atomic mass is 9.83. The quantitative estimate of drug-likeness (QED) is 0.796. The highest BCUT2D eigenvalue weighted by atomic mass is 15.2. The van der Waals surface area contributed by atoms with Crippen LogP contribution in [0.3, 0.4) is 0 Å². The third-order valence-corrected chi connectivity index (χ3v) is 4.97. The van der Waals surface area contributed by atoms with Gasteiger partial charge in [-0.15, -0.1) is 0 Å². The Labute approximate surface area is 139 Å². The second-order valence-corrected chi connectivity index (χ2v) is 7.16. The van der Waals surface area contributed by atoms with Gasteiger partial charge in [-0.25, -0.2) is 4.98 Å². The van der Waals surface area contributed by atoms with Crippen LogP contribution in [0.25, 0.3) is 6.08 Å². The standard InChI is InChI=1S/C21H26N2/c1-15(2)14-17-11-13-22-20-18(17)10-12-21(4,23(20)5)19-9-7-6-8-16(19)3/h6-13,15H,14H2,1-5H3. The molecular formula is C21H26N2. The Hall–Kier alpha value is -2.09. The van der Waals surface area contributed by atoms with E-state index in [1.165, 1.54) is 22.3 Å². The van der Waals surface area contributed by atoms with Crippen LogP contribution in [0.1, 0.15) is 43.0 Å². The number of hydrogen-bond acceptors (Lipinski definition) is 2. The Kier molecular flexibility index (Phi) is 4.01. The van der Waals surface area contributed by atoms with E-state index in [1.54, 1.807) is 0 Å². The van der Waals surface area contributed by atoms with Crippen molar-refractivity contribution in [2.45, 2.75) is 39.7 Å². The number of rotatable bonds is 3. The van der Waals surface area contributed by atoms with E-state index >= 15 is 0 Å². The summed E-state index contributed by atoms with van der Waals surface area (Å²) in [4.78, 5) is 7.01. The van der Waals surface area contributed by atoms with E-state index in [1.807, 2.05) is 6.20 Å². The van der Waals surface area contributed by atoms with Crippen molar-refractivity contribution in [3.8, 4) is 0 Å². The molecule has 1 aliphatic rings. The summed E-state index contributed by atoms with van der Waals surface area (Å²) in [6, 6.07) is 10.8. The first-order valence-corrected chi connectivity index (χ1v) is 8.40. The summed E-state index contributed by atoms with van der Waals surface area (Å²) in [5.74, 6) is 1.72. The summed E-state index contributed by atoms with van der Waals surface area (Å²) in [7, 11) is 2.15. The molecule has 0 saturated carbocycles. The molecule has 2 nitrogen and oxygen atoms in total. The molecule has 1 aromatic heterocycles. The average Bonchev–Trinajstić information content (AvgIpc) is 2.51. The van der Waals surface area contributed by atoms with Crippen molar-refractivity contribution < 1.29 is 0 Å². The molecule has 1 aromatic carbocycles. The van der Waals surface area contributed by atoms with E-state index in [4.69, 9.17) is 4.98 Å². The maximum atomic E-state index is 4.69. The Morgan fingerprint density at radius 3 is 2.61 bits per heavy atom. The van der Waals surface area contributed by atoms with Crippen LogP contribution in [0.5, 0.6) is 0 Å². The molecule has 0 fully saturated rings. The van der Waals surface area contributed by atoms with Gasteiger partial charge in [0.1, 0.15) is 5.82 Å². The van der Waals surface area contributed by atoms with Gasteiger partial charge in [-0.2, -0.15) is 0 Å². The summed E-state index contributed by atoms with van der Waals surface area (Å²) in [5.41, 5.74) is 5.14. The number of hydrogen-bond donors (Lipinski definition) is 0. The summed E-state index contributed by atoms with van der Waals surface area (Å²) < 4.78 is 0. The second kappa shape index (κ2) is 5.84. The van der Waals surface area contributed by atoms with E-state index in [0.29, 0.717) is 5.92 Å². The molecule has 1 aliphatic heterocycles. The van der Waals surface area contributed by atoms with Gasteiger partial charge in [-0.3, -0.25) is 0 Å². The summed E-state index contributed by atoms with van der Waals surface area (Å²) in [6.07, 6.45) is 7.63. The summed E-state index contributed by atoms with van der Waals surface area (Å²) >= 11 is 0. The molecule has 0 aliphatic carbocycles. The minimum absolute atomic E-state index is 0.165. The van der Waals surface area contributed by atoms with Crippen LogP contribution >= 0.6 is 0 Å². The van der Waals surface area contributed by atoms with Crippen LogP contribution in [0.4, 0.5) is 5.82 Å². The average molecular weight is 306 g/mol. The van der Waals surface area contributed by atoms with E-state index in [-0.39, 0.29) is 5.54 Å². The Balaban J connectivity index is 2.10. The van der Waals surface area contributed by atoms with Crippen LogP contribution < -0.4 is 4.90 Å². The van der Waals surface area contributed by atoms with Crippen molar-refractivity contribution in [3.63, 3.8) is 0 Å². The zero-order chi connectivity index (χ0) is 16.6. The predicted octanol–water partition coefficient (Wildman–Crippen LogP) is 4.97. The lowest BCUT2D eigenvalue weighted by Crippen LogP contribution is -2.42. The molecule has 0 bridgehead atoms. The van der Waals surface area contributed by atoms with Crippen LogP contribution in [0.15, 0.2) is 42.6 Å². The number of pyridine rings is 1. The Morgan fingerprint density at radius 1 is 1.17 bits per heavy atom. The fourth-order valence-electron chi connectivity index (χ4n) is 3.56. The maximum Gasteiger partial charge on any atom is 0.136 e. The second-order valence-electron chi connectivity index (χ2n) is 7.16. The van der Waals surface area contributed by atoms with Crippen LogP contribution in [-0.2, 0) is 12.0 Å². The molecule has 0 amide bonds. The highest BCUT2D eigenvalue weighted by Crippen LogP contribution is 2.40. The Bertz CT molecular complexity index is 745. The van der Waals surface area contributed by atoms with Crippen molar-refractivity contribution in [2.24, 2.45) is 5.92 Å². The molecule has 3 rings (SSSR count). The van der Waals surface area contributed by atoms with Gasteiger partial charge in [0, 0.05) is 18.8 Å². The topological polar surface area (TPSA) is 16.1 Å². The summed E-state index contributed by atoms with van der Waals surface area (Å²) in [6.45, 7) is 8.98. The van der Waals surface area contributed by atoms with Crippen LogP contribution in [-0.4, -0.2) is 12.0 Å². The van der Waals surface area contributed by atoms with Crippen molar-refractivity contribution in [1.82, 2.24) is 4.98 Å². The summed E-state index contributed by atoms with van der Waals surface area (Å²) in [5, 5.41) is 0. The zero-order valence-electron chi connectivity index (χ0n) is 14.8. The molecule has 1 atom stereocenters. The van der Waals surface area contributed by atoms with Crippen molar-refractivity contribution in [1.29, 1.82) is 0 Å². The maximum absolute atomic E-state index is 4.69. The van der Waals surface area contributed by atoms with Gasteiger partial charge >= 0.3 is 0 Å². The van der Waals surface area contributed by atoms with E-state index < -0.39 is 0 Å². The first-order valence-electron chi connectivity index (χ1n) is 8.40. The minimum atomic E-state index is -0.165. The van der Waals surface area contributed by atoms with Crippen LogP contribution in [0.2, 0.25) is 0 Å². The van der Waals surface area contributed by atoms with Gasteiger partial charge in [0.15, 0.2) is 0 Å². The van der Waals surface area contributed by atoms with Gasteiger partial charge in [0.25, 0.3) is 0 Å². The SMILES string of the molecule is Cc1ccccc1C1(C)C=Cc2c(CC(C)C)ccnc2N1C. The Morgan fingerprint density at radius 2 is 1.91 bits per heavy atom. The van der Waals surface area contributed by atoms with E-state index in [0.717, 1.165) is 12.2 Å². The van der Waals surface area contributed by atoms with Crippen molar-refractivity contribution in [2.75, 3.05) is 11.9 Å². The fourth-order valence-corrected chi connectivity index (χ4v) is 3.56. The number of nitrogens with zero attached hydrogens (tertiary/aromatic N) is 2. The molecule has 23 heavy (non-hydrogen) atoms. The third kappa shape index (κ3) is 2.67. The molecule has 2 heteroatoms. The highest BCUT2D eigenvalue weighted by Gasteiger charge is 2.35. The lowest BCUT2D eigenvalue weighted by Gasteiger charge is -2.42. The third-order valence-electron chi connectivity index (χ3n) is 4.97. The van der Waals surface area contributed by atoms with Gasteiger partial charge in [0.05, 0.1) is 5.54 Å². The number of fused-ring (bicyclic) bond motifs is 1. The smallest absolute Gasteiger partial charge is 0.136 e. The lowest BCUT2D eigenvalue weighted by molar-refractivity contribution is 0.566. The van der Waals surface area contributed by atoms with E-state index in [9.17, 15) is 0 Å². The number of benzene rings is 1. The number of aromatic nitrogens is 1. The molecule has 0 spiro atoms. The van der Waals surface area contributed by atoms with Crippen LogP contribution in [0, 0.1) is 12.8 Å². The van der Waals surface area contributed by atoms with Crippen molar-refractivity contribution in [3.05, 3.63) is 64.9 Å². The molecule has 2 aromatic rings. The molecule has 120 valence electrons. The monoisotopic (exact) mass is 306 g/mol. The largest absolute Gasteiger partial charge is 0.346 e. The molecule has 0 radical (unpaired) electrons. The molecule has 2 heterocycles. The normalized spacial score (nSPS) is 20.0. The van der Waals surface area contributed by atoms with E-state index in [2.05, 4.69) is 82.1 Å². The first-order chi connectivity index (χ1) is 10.9. The molecule has 1 unspecified atom stereocenters. The van der Waals surface area contributed by atoms with Gasteiger partial charge < -0.3 is 4.90 Å². The molecule has 0 N–H and O–H groups in total. The van der Waals surface area contributed by atoms with Gasteiger partial charge in [0.2, 0.25) is 0 Å². The minimum Gasteiger partial charge on any atom is -0.346 e. The fraction of sp³-hybridized carbons (Fsp3) is 0.381. The predicted molar refractivity (Wildman–Crippen MR) is 98.7 cm³/mol. The first kappa shape index (κ1) is 15.8. The molecule has 0 saturated heterocycles. The van der Waals surface area contributed by atoms with Crippen molar-refractivity contribution >= 4 is 11.9 Å². The van der Waals surface area contributed by atoms with Gasteiger partial charge in [-0.05, 0) is 48.9 Å². The number of anilines is 1. The molecular weight excluding hydrogens is 280 g/mol. The number of likely N-dealkylation sites (N-methyl/N-ethyl adjacent to an activating group) is 1.